The fourth-order valence-corrected chi connectivity index (χ4v) is 3.78. The molecule has 1 saturated heterocycles. The molecule has 1 N–H and O–H groups in total. The molecule has 8 heteroatoms. The van der Waals surface area contributed by atoms with Crippen molar-refractivity contribution >= 4 is 22.8 Å². The molecule has 1 aliphatic rings. The first kappa shape index (κ1) is 21.3. The van der Waals surface area contributed by atoms with Crippen LogP contribution in [-0.2, 0) is 32.5 Å². The van der Waals surface area contributed by atoms with Gasteiger partial charge < -0.3 is 9.47 Å². The largest absolute Gasteiger partial charge is 0.379 e. The van der Waals surface area contributed by atoms with Crippen LogP contribution in [-0.4, -0.2) is 47.4 Å². The van der Waals surface area contributed by atoms with Crippen molar-refractivity contribution in [3.63, 3.8) is 0 Å². The van der Waals surface area contributed by atoms with Gasteiger partial charge in [0.2, 0.25) is 11.8 Å². The fraction of sp³-hybridized carbons (Fsp3) is 0.571. The number of rotatable bonds is 10. The lowest BCUT2D eigenvalue weighted by molar-refractivity contribution is -0.135. The Hall–Kier alpha value is -2.45. The van der Waals surface area contributed by atoms with Gasteiger partial charge in [0, 0.05) is 26.7 Å². The van der Waals surface area contributed by atoms with Gasteiger partial charge in [0.25, 0.3) is 0 Å². The van der Waals surface area contributed by atoms with Crippen molar-refractivity contribution in [3.05, 3.63) is 34.2 Å². The lowest BCUT2D eigenvalue weighted by atomic mass is 10.0. The minimum absolute atomic E-state index is 0.234. The number of aryl methyl sites for hydroxylation is 2. The SMILES string of the molecule is CCCOCCOCCCc1cccc2c1n(C)c(=O)n2C1CCC(=O)NC1=O. The summed E-state index contributed by atoms with van der Waals surface area (Å²) in [7, 11) is 1.72. The van der Waals surface area contributed by atoms with E-state index in [1.807, 2.05) is 18.2 Å². The average molecular weight is 403 g/mol. The maximum absolute atomic E-state index is 12.9. The van der Waals surface area contributed by atoms with Crippen LogP contribution in [0.2, 0.25) is 0 Å². The first-order valence-corrected chi connectivity index (χ1v) is 10.2. The molecule has 1 aliphatic heterocycles. The summed E-state index contributed by atoms with van der Waals surface area (Å²) in [4.78, 5) is 36.7. The molecule has 0 saturated carbocycles. The van der Waals surface area contributed by atoms with Crippen LogP contribution >= 0.6 is 0 Å². The predicted octanol–water partition coefficient (Wildman–Crippen LogP) is 1.69. The molecule has 0 radical (unpaired) electrons. The number of nitrogens with one attached hydrogen (secondary N) is 1. The van der Waals surface area contributed by atoms with E-state index in [2.05, 4.69) is 12.2 Å². The van der Waals surface area contributed by atoms with Gasteiger partial charge in [-0.05, 0) is 37.3 Å². The van der Waals surface area contributed by atoms with Crippen LogP contribution in [0.25, 0.3) is 11.0 Å². The average Bonchev–Trinajstić information content (AvgIpc) is 2.95. The molecule has 158 valence electrons. The second-order valence-corrected chi connectivity index (χ2v) is 7.29. The van der Waals surface area contributed by atoms with E-state index in [1.54, 1.807) is 11.6 Å². The number of aromatic nitrogens is 2. The summed E-state index contributed by atoms with van der Waals surface area (Å²) in [6.45, 7) is 4.63. The summed E-state index contributed by atoms with van der Waals surface area (Å²) in [6.07, 6.45) is 3.16. The molecule has 0 bridgehead atoms. The molecule has 2 aromatic rings. The second kappa shape index (κ2) is 9.84. The Morgan fingerprint density at radius 2 is 1.86 bits per heavy atom. The number of amides is 2. The summed E-state index contributed by atoms with van der Waals surface area (Å²) >= 11 is 0. The minimum Gasteiger partial charge on any atom is -0.379 e. The third kappa shape index (κ3) is 4.76. The number of benzene rings is 1. The fourth-order valence-electron chi connectivity index (χ4n) is 3.78. The first-order chi connectivity index (χ1) is 14.0. The van der Waals surface area contributed by atoms with E-state index in [9.17, 15) is 14.4 Å². The van der Waals surface area contributed by atoms with Crippen LogP contribution in [0.3, 0.4) is 0 Å². The normalized spacial score (nSPS) is 17.1. The Bertz CT molecular complexity index is 930. The lowest BCUT2D eigenvalue weighted by Gasteiger charge is -2.21. The number of imidazole rings is 1. The molecule has 1 aromatic heterocycles. The third-order valence-electron chi connectivity index (χ3n) is 5.16. The van der Waals surface area contributed by atoms with Gasteiger partial charge in [-0.3, -0.25) is 24.0 Å². The number of ether oxygens (including phenoxy) is 2. The van der Waals surface area contributed by atoms with E-state index < -0.39 is 11.9 Å². The van der Waals surface area contributed by atoms with Gasteiger partial charge in [-0.1, -0.05) is 19.1 Å². The van der Waals surface area contributed by atoms with E-state index in [4.69, 9.17) is 9.47 Å². The number of hydrogen-bond acceptors (Lipinski definition) is 5. The first-order valence-electron chi connectivity index (χ1n) is 10.2. The topological polar surface area (TPSA) is 91.6 Å². The highest BCUT2D eigenvalue weighted by Gasteiger charge is 2.31. The Labute approximate surface area is 169 Å². The third-order valence-corrected chi connectivity index (χ3v) is 5.16. The number of piperidine rings is 1. The van der Waals surface area contributed by atoms with Crippen LogP contribution in [0.4, 0.5) is 0 Å². The van der Waals surface area contributed by atoms with E-state index >= 15 is 0 Å². The highest BCUT2D eigenvalue weighted by atomic mass is 16.5. The highest BCUT2D eigenvalue weighted by Crippen LogP contribution is 2.25. The van der Waals surface area contributed by atoms with Crippen LogP contribution in [0, 0.1) is 0 Å². The number of fused-ring (bicyclic) bond motifs is 1. The van der Waals surface area contributed by atoms with Crippen LogP contribution in [0.15, 0.2) is 23.0 Å². The predicted molar refractivity (Wildman–Crippen MR) is 109 cm³/mol. The van der Waals surface area contributed by atoms with Crippen LogP contribution in [0.1, 0.15) is 44.2 Å². The van der Waals surface area contributed by atoms with Gasteiger partial charge >= 0.3 is 5.69 Å². The van der Waals surface area contributed by atoms with Crippen molar-refractivity contribution in [2.24, 2.45) is 7.05 Å². The minimum atomic E-state index is -0.661. The zero-order valence-electron chi connectivity index (χ0n) is 17.1. The molecule has 29 heavy (non-hydrogen) atoms. The van der Waals surface area contributed by atoms with E-state index in [0.29, 0.717) is 26.2 Å². The summed E-state index contributed by atoms with van der Waals surface area (Å²) in [5.74, 6) is -0.708. The van der Waals surface area contributed by atoms with E-state index in [0.717, 1.165) is 42.5 Å². The Morgan fingerprint density at radius 1 is 1.10 bits per heavy atom. The van der Waals surface area contributed by atoms with Crippen molar-refractivity contribution < 1.29 is 19.1 Å². The van der Waals surface area contributed by atoms with Crippen LogP contribution in [0.5, 0.6) is 0 Å². The van der Waals surface area contributed by atoms with Gasteiger partial charge in [0.1, 0.15) is 6.04 Å². The maximum atomic E-state index is 12.9. The molecule has 1 fully saturated rings. The van der Waals surface area contributed by atoms with Gasteiger partial charge in [-0.25, -0.2) is 4.79 Å². The van der Waals surface area contributed by atoms with Crippen molar-refractivity contribution in [2.45, 2.75) is 45.1 Å². The number of carbonyl (C=O) groups is 2. The number of carbonyl (C=O) groups excluding carboxylic acids is 2. The molecule has 8 nitrogen and oxygen atoms in total. The lowest BCUT2D eigenvalue weighted by Crippen LogP contribution is -2.44. The molecule has 1 unspecified atom stereocenters. The summed E-state index contributed by atoms with van der Waals surface area (Å²) in [5.41, 5.74) is 2.34. The monoisotopic (exact) mass is 403 g/mol. The smallest absolute Gasteiger partial charge is 0.329 e. The maximum Gasteiger partial charge on any atom is 0.329 e. The quantitative estimate of drug-likeness (QED) is 0.482. The molecule has 3 rings (SSSR count). The van der Waals surface area contributed by atoms with Crippen molar-refractivity contribution in [2.75, 3.05) is 26.4 Å². The number of imide groups is 1. The standard InChI is InChI=1S/C21H29N3O5/c1-3-11-28-13-14-29-12-5-7-15-6-4-8-16-19(15)23(2)21(27)24(16)17-9-10-18(25)22-20(17)26/h4,6,8,17H,3,5,7,9-14H2,1-2H3,(H,22,25,26). The summed E-state index contributed by atoms with van der Waals surface area (Å²) in [5, 5.41) is 2.34. The zero-order valence-corrected chi connectivity index (χ0v) is 17.1. The molecule has 1 aromatic carbocycles. The number of hydrogen-bond donors (Lipinski definition) is 1. The number of nitrogens with zero attached hydrogens (tertiary/aromatic N) is 2. The van der Waals surface area contributed by atoms with Gasteiger partial charge in [-0.15, -0.1) is 0 Å². The Morgan fingerprint density at radius 3 is 2.59 bits per heavy atom. The molecule has 1 atom stereocenters. The van der Waals surface area contributed by atoms with Crippen LogP contribution < -0.4 is 11.0 Å². The highest BCUT2D eigenvalue weighted by molar-refractivity contribution is 6.00. The Kier molecular flexibility index (Phi) is 7.22. The molecule has 2 amide bonds. The summed E-state index contributed by atoms with van der Waals surface area (Å²) in [6, 6.07) is 5.09. The van der Waals surface area contributed by atoms with Gasteiger partial charge in [0.15, 0.2) is 0 Å². The molecule has 2 heterocycles. The molecule has 0 aliphatic carbocycles. The van der Waals surface area contributed by atoms with Crippen molar-refractivity contribution in [1.29, 1.82) is 0 Å². The molecular weight excluding hydrogens is 374 g/mol. The van der Waals surface area contributed by atoms with Crippen molar-refractivity contribution in [3.8, 4) is 0 Å². The van der Waals surface area contributed by atoms with E-state index in [-0.39, 0.29) is 18.0 Å². The second-order valence-electron chi connectivity index (χ2n) is 7.29. The Balaban J connectivity index is 1.72. The molecular formula is C21H29N3O5. The van der Waals surface area contributed by atoms with Gasteiger partial charge in [0.05, 0.1) is 24.2 Å². The van der Waals surface area contributed by atoms with E-state index in [1.165, 1.54) is 4.57 Å². The van der Waals surface area contributed by atoms with Gasteiger partial charge in [-0.2, -0.15) is 0 Å². The van der Waals surface area contributed by atoms with Crippen molar-refractivity contribution in [1.82, 2.24) is 14.5 Å². The zero-order chi connectivity index (χ0) is 20.8. The summed E-state index contributed by atoms with van der Waals surface area (Å²) < 4.78 is 14.1. The number of para-hydroxylation sites is 1. The molecule has 0 spiro atoms.